The molecule has 1 saturated carbocycles. The van der Waals surface area contributed by atoms with Gasteiger partial charge in [-0.1, -0.05) is 18.2 Å². The van der Waals surface area contributed by atoms with Gasteiger partial charge in [0.25, 0.3) is 0 Å². The van der Waals surface area contributed by atoms with E-state index >= 15 is 0 Å². The zero-order chi connectivity index (χ0) is 12.1. The standard InChI is InChI=1S/C14H21NO2/c1-17-13-7-4-6-12(9-13)15-10-11-5-2-3-8-14(11)16/h2-3,5,8,12-13,15-16H,4,6-7,9-10H2,1H3. The lowest BCUT2D eigenvalue weighted by atomic mass is 9.92. The van der Waals surface area contributed by atoms with Crippen LogP contribution in [-0.4, -0.2) is 24.4 Å². The Balaban J connectivity index is 1.84. The second kappa shape index (κ2) is 6.03. The number of hydrogen-bond donors (Lipinski definition) is 2. The Labute approximate surface area is 103 Å². The summed E-state index contributed by atoms with van der Waals surface area (Å²) >= 11 is 0. The summed E-state index contributed by atoms with van der Waals surface area (Å²) in [6.07, 6.45) is 5.06. The molecule has 0 amide bonds. The van der Waals surface area contributed by atoms with Crippen LogP contribution in [0.5, 0.6) is 5.75 Å². The molecule has 0 aliphatic heterocycles. The van der Waals surface area contributed by atoms with Crippen LogP contribution in [0.3, 0.4) is 0 Å². The molecule has 0 saturated heterocycles. The summed E-state index contributed by atoms with van der Waals surface area (Å²) in [5.74, 6) is 0.374. The molecular weight excluding hydrogens is 214 g/mol. The summed E-state index contributed by atoms with van der Waals surface area (Å²) in [5.41, 5.74) is 0.965. The van der Waals surface area contributed by atoms with E-state index in [0.717, 1.165) is 18.5 Å². The maximum absolute atomic E-state index is 9.67. The van der Waals surface area contributed by atoms with E-state index in [1.54, 1.807) is 13.2 Å². The molecule has 2 rings (SSSR count). The first-order valence-electron chi connectivity index (χ1n) is 6.32. The van der Waals surface area contributed by atoms with Gasteiger partial charge < -0.3 is 15.2 Å². The second-order valence-electron chi connectivity index (χ2n) is 4.73. The predicted octanol–water partition coefficient (Wildman–Crippen LogP) is 2.44. The third kappa shape index (κ3) is 3.45. The van der Waals surface area contributed by atoms with E-state index < -0.39 is 0 Å². The van der Waals surface area contributed by atoms with E-state index in [9.17, 15) is 5.11 Å². The largest absolute Gasteiger partial charge is 0.508 e. The molecule has 0 radical (unpaired) electrons. The van der Waals surface area contributed by atoms with Gasteiger partial charge in [0.2, 0.25) is 0 Å². The van der Waals surface area contributed by atoms with Crippen LogP contribution in [0.1, 0.15) is 31.2 Å². The molecule has 2 atom stereocenters. The first-order chi connectivity index (χ1) is 8.29. The lowest BCUT2D eigenvalue weighted by Gasteiger charge is -2.29. The number of aromatic hydroxyl groups is 1. The minimum absolute atomic E-state index is 0.374. The van der Waals surface area contributed by atoms with Crippen molar-refractivity contribution in [1.82, 2.24) is 5.32 Å². The number of methoxy groups -OCH3 is 1. The molecule has 1 aliphatic carbocycles. The van der Waals surface area contributed by atoms with Gasteiger partial charge in [0.1, 0.15) is 5.75 Å². The molecule has 0 aromatic heterocycles. The minimum atomic E-state index is 0.374. The minimum Gasteiger partial charge on any atom is -0.508 e. The summed E-state index contributed by atoms with van der Waals surface area (Å²) in [6.45, 7) is 0.730. The van der Waals surface area contributed by atoms with E-state index in [1.807, 2.05) is 18.2 Å². The van der Waals surface area contributed by atoms with Crippen LogP contribution in [0.15, 0.2) is 24.3 Å². The number of hydrogen-bond acceptors (Lipinski definition) is 3. The van der Waals surface area contributed by atoms with Gasteiger partial charge in [0.15, 0.2) is 0 Å². The van der Waals surface area contributed by atoms with Crippen molar-refractivity contribution in [3.8, 4) is 5.75 Å². The highest BCUT2D eigenvalue weighted by molar-refractivity contribution is 5.31. The average molecular weight is 235 g/mol. The normalized spacial score (nSPS) is 24.8. The molecule has 3 heteroatoms. The molecule has 94 valence electrons. The van der Waals surface area contributed by atoms with E-state index in [-0.39, 0.29) is 0 Å². The SMILES string of the molecule is COC1CCCC(NCc2ccccc2O)C1. The van der Waals surface area contributed by atoms with Crippen LogP contribution in [-0.2, 0) is 11.3 Å². The van der Waals surface area contributed by atoms with Gasteiger partial charge in [-0.3, -0.25) is 0 Å². The van der Waals surface area contributed by atoms with Crippen molar-refractivity contribution in [2.75, 3.05) is 7.11 Å². The third-order valence-electron chi connectivity index (χ3n) is 3.53. The Bertz CT molecular complexity index is 354. The highest BCUT2D eigenvalue weighted by Crippen LogP contribution is 2.22. The van der Waals surface area contributed by atoms with Crippen LogP contribution in [0.25, 0.3) is 0 Å². The van der Waals surface area contributed by atoms with Crippen LogP contribution >= 0.6 is 0 Å². The van der Waals surface area contributed by atoms with Crippen molar-refractivity contribution in [2.24, 2.45) is 0 Å². The fourth-order valence-corrected chi connectivity index (χ4v) is 2.46. The van der Waals surface area contributed by atoms with Crippen molar-refractivity contribution in [3.63, 3.8) is 0 Å². The number of rotatable bonds is 4. The Morgan fingerprint density at radius 1 is 1.35 bits per heavy atom. The van der Waals surface area contributed by atoms with Crippen LogP contribution in [0, 0.1) is 0 Å². The molecule has 1 aromatic carbocycles. The Morgan fingerprint density at radius 3 is 2.94 bits per heavy atom. The average Bonchev–Trinajstić information content (AvgIpc) is 2.38. The number of phenolic OH excluding ortho intramolecular Hbond substituents is 1. The van der Waals surface area contributed by atoms with Gasteiger partial charge in [0.05, 0.1) is 6.10 Å². The lowest BCUT2D eigenvalue weighted by molar-refractivity contribution is 0.0586. The molecule has 3 nitrogen and oxygen atoms in total. The van der Waals surface area contributed by atoms with E-state index in [2.05, 4.69) is 5.32 Å². The third-order valence-corrected chi connectivity index (χ3v) is 3.53. The highest BCUT2D eigenvalue weighted by Gasteiger charge is 2.21. The van der Waals surface area contributed by atoms with Crippen molar-refractivity contribution >= 4 is 0 Å². The predicted molar refractivity (Wildman–Crippen MR) is 68.0 cm³/mol. The van der Waals surface area contributed by atoms with E-state index in [4.69, 9.17) is 4.74 Å². The van der Waals surface area contributed by atoms with Crippen molar-refractivity contribution in [3.05, 3.63) is 29.8 Å². The summed E-state index contributed by atoms with van der Waals surface area (Å²) in [6, 6.07) is 8.00. The maximum Gasteiger partial charge on any atom is 0.120 e. The fourth-order valence-electron chi connectivity index (χ4n) is 2.46. The first-order valence-corrected chi connectivity index (χ1v) is 6.32. The first kappa shape index (κ1) is 12.4. The van der Waals surface area contributed by atoms with Crippen LogP contribution in [0.2, 0.25) is 0 Å². The molecule has 2 unspecified atom stereocenters. The maximum atomic E-state index is 9.67. The highest BCUT2D eigenvalue weighted by atomic mass is 16.5. The van der Waals surface area contributed by atoms with Gasteiger partial charge >= 0.3 is 0 Å². The fraction of sp³-hybridized carbons (Fsp3) is 0.571. The van der Waals surface area contributed by atoms with Gasteiger partial charge in [-0.05, 0) is 31.7 Å². The van der Waals surface area contributed by atoms with Gasteiger partial charge in [0, 0.05) is 25.3 Å². The smallest absolute Gasteiger partial charge is 0.120 e. The summed E-state index contributed by atoms with van der Waals surface area (Å²) < 4.78 is 5.41. The number of phenols is 1. The Hall–Kier alpha value is -1.06. The van der Waals surface area contributed by atoms with Gasteiger partial charge in [-0.15, -0.1) is 0 Å². The molecule has 0 spiro atoms. The molecule has 1 aliphatic rings. The van der Waals surface area contributed by atoms with Crippen molar-refractivity contribution in [2.45, 2.75) is 44.4 Å². The summed E-state index contributed by atoms with van der Waals surface area (Å²) in [5, 5.41) is 13.2. The molecule has 0 heterocycles. The summed E-state index contributed by atoms with van der Waals surface area (Å²) in [7, 11) is 1.79. The van der Waals surface area contributed by atoms with Gasteiger partial charge in [-0.25, -0.2) is 0 Å². The van der Waals surface area contributed by atoms with Crippen molar-refractivity contribution < 1.29 is 9.84 Å². The van der Waals surface area contributed by atoms with E-state index in [1.165, 1.54) is 19.3 Å². The van der Waals surface area contributed by atoms with E-state index in [0.29, 0.717) is 17.9 Å². The zero-order valence-corrected chi connectivity index (χ0v) is 10.4. The molecule has 1 aromatic rings. The number of para-hydroxylation sites is 1. The molecule has 2 N–H and O–H groups in total. The topological polar surface area (TPSA) is 41.5 Å². The zero-order valence-electron chi connectivity index (χ0n) is 10.4. The van der Waals surface area contributed by atoms with Crippen molar-refractivity contribution in [1.29, 1.82) is 0 Å². The van der Waals surface area contributed by atoms with Crippen LogP contribution in [0.4, 0.5) is 0 Å². The lowest BCUT2D eigenvalue weighted by Crippen LogP contribution is -2.36. The molecule has 17 heavy (non-hydrogen) atoms. The Kier molecular flexibility index (Phi) is 4.40. The molecular formula is C14H21NO2. The second-order valence-corrected chi connectivity index (χ2v) is 4.73. The van der Waals surface area contributed by atoms with Gasteiger partial charge in [-0.2, -0.15) is 0 Å². The molecule has 0 bridgehead atoms. The summed E-state index contributed by atoms with van der Waals surface area (Å²) in [4.78, 5) is 0. The Morgan fingerprint density at radius 2 is 2.18 bits per heavy atom. The number of ether oxygens (including phenoxy) is 1. The number of nitrogens with one attached hydrogen (secondary N) is 1. The quantitative estimate of drug-likeness (QED) is 0.842. The monoisotopic (exact) mass is 235 g/mol. The molecule has 1 fully saturated rings. The van der Waals surface area contributed by atoms with Crippen LogP contribution < -0.4 is 5.32 Å². The number of benzene rings is 1.